The average Bonchev–Trinajstić information content (AvgIpc) is 3.36. The van der Waals surface area contributed by atoms with Gasteiger partial charge in [-0.25, -0.2) is 4.79 Å². The van der Waals surface area contributed by atoms with E-state index in [4.69, 9.17) is 4.74 Å². The van der Waals surface area contributed by atoms with E-state index in [9.17, 15) is 9.59 Å². The average molecular weight is 408 g/mol. The summed E-state index contributed by atoms with van der Waals surface area (Å²) in [6.07, 6.45) is 0. The van der Waals surface area contributed by atoms with Crippen LogP contribution in [-0.4, -0.2) is 27.8 Å². The van der Waals surface area contributed by atoms with Gasteiger partial charge in [0.15, 0.2) is 0 Å². The second kappa shape index (κ2) is 7.61. The zero-order valence-electron chi connectivity index (χ0n) is 17.0. The molecule has 0 fully saturated rings. The maximum Gasteiger partial charge on any atom is 0.341 e. The van der Waals surface area contributed by atoms with Crippen LogP contribution in [0.25, 0.3) is 16.7 Å². The number of ether oxygens (including phenoxy) is 1. The van der Waals surface area contributed by atoms with Gasteiger partial charge in [-0.15, -0.1) is 0 Å². The first-order valence-electron chi connectivity index (χ1n) is 10.0. The molecule has 0 aliphatic carbocycles. The molecule has 5 heteroatoms. The molecule has 152 valence electrons. The van der Waals surface area contributed by atoms with Gasteiger partial charge in [-0.2, -0.15) is 0 Å². The Labute approximate surface area is 179 Å². The van der Waals surface area contributed by atoms with E-state index in [2.05, 4.69) is 4.57 Å². The Kier molecular flexibility index (Phi) is 4.64. The number of carbonyl (C=O) groups is 2. The minimum Gasteiger partial charge on any atom is -0.465 e. The van der Waals surface area contributed by atoms with Gasteiger partial charge in [-0.3, -0.25) is 9.20 Å². The SMILES string of the molecule is COC(=O)c1cc(C(=O)c2ccccc2)n2c3ccccc3n(Cc3ccccc3)c12. The first-order chi connectivity index (χ1) is 15.2. The number of rotatable bonds is 5. The summed E-state index contributed by atoms with van der Waals surface area (Å²) in [6, 6.07) is 28.6. The van der Waals surface area contributed by atoms with Crippen LogP contribution in [-0.2, 0) is 11.3 Å². The molecule has 0 saturated heterocycles. The van der Waals surface area contributed by atoms with Crippen LogP contribution in [0, 0.1) is 0 Å². The summed E-state index contributed by atoms with van der Waals surface area (Å²) in [5, 5.41) is 0. The molecule has 31 heavy (non-hydrogen) atoms. The molecule has 0 radical (unpaired) electrons. The van der Waals surface area contributed by atoms with Gasteiger partial charge in [0.25, 0.3) is 0 Å². The predicted octanol–water partition coefficient (Wildman–Crippen LogP) is 4.96. The largest absolute Gasteiger partial charge is 0.465 e. The Bertz CT molecular complexity index is 1410. The third-order valence-electron chi connectivity index (χ3n) is 5.50. The van der Waals surface area contributed by atoms with Crippen molar-refractivity contribution >= 4 is 28.4 Å². The Morgan fingerprint density at radius 3 is 2.10 bits per heavy atom. The number of nitrogens with zero attached hydrogens (tertiary/aromatic N) is 2. The number of fused-ring (bicyclic) bond motifs is 3. The highest BCUT2D eigenvalue weighted by Gasteiger charge is 2.26. The molecule has 0 aliphatic rings. The van der Waals surface area contributed by atoms with Gasteiger partial charge in [-0.05, 0) is 23.8 Å². The van der Waals surface area contributed by atoms with E-state index in [1.54, 1.807) is 18.2 Å². The first kappa shape index (κ1) is 18.9. The molecule has 0 spiro atoms. The lowest BCUT2D eigenvalue weighted by atomic mass is 10.1. The summed E-state index contributed by atoms with van der Waals surface area (Å²) >= 11 is 0. The number of methoxy groups -OCH3 is 1. The lowest BCUT2D eigenvalue weighted by Crippen LogP contribution is -2.06. The quantitative estimate of drug-likeness (QED) is 0.305. The molecular weight excluding hydrogens is 388 g/mol. The summed E-state index contributed by atoms with van der Waals surface area (Å²) in [6.45, 7) is 0.560. The molecule has 0 bridgehead atoms. The van der Waals surface area contributed by atoms with Crippen molar-refractivity contribution < 1.29 is 14.3 Å². The van der Waals surface area contributed by atoms with Gasteiger partial charge in [0.05, 0.1) is 23.8 Å². The molecule has 5 nitrogen and oxygen atoms in total. The minimum atomic E-state index is -0.471. The summed E-state index contributed by atoms with van der Waals surface area (Å²) in [4.78, 5) is 26.1. The fourth-order valence-electron chi connectivity index (χ4n) is 4.10. The van der Waals surface area contributed by atoms with Crippen LogP contribution in [0.4, 0.5) is 0 Å². The van der Waals surface area contributed by atoms with E-state index >= 15 is 0 Å². The number of hydrogen-bond acceptors (Lipinski definition) is 3. The monoisotopic (exact) mass is 408 g/mol. The van der Waals surface area contributed by atoms with Gasteiger partial charge in [0, 0.05) is 12.1 Å². The van der Waals surface area contributed by atoms with Crippen molar-refractivity contribution in [3.8, 4) is 0 Å². The van der Waals surface area contributed by atoms with Crippen LogP contribution in [0.2, 0.25) is 0 Å². The molecule has 3 aromatic carbocycles. The molecule has 0 atom stereocenters. The Balaban J connectivity index is 1.83. The Morgan fingerprint density at radius 1 is 0.806 bits per heavy atom. The Morgan fingerprint density at radius 2 is 1.42 bits per heavy atom. The summed E-state index contributed by atoms with van der Waals surface area (Å²) in [7, 11) is 1.36. The second-order valence-corrected chi connectivity index (χ2v) is 7.35. The van der Waals surface area contributed by atoms with E-state index in [1.807, 2.05) is 77.2 Å². The van der Waals surface area contributed by atoms with E-state index in [1.165, 1.54) is 7.11 Å². The van der Waals surface area contributed by atoms with E-state index in [0.29, 0.717) is 29.0 Å². The standard InChI is InChI=1S/C26H20N2O3/c1-31-26(30)20-16-23(24(29)19-12-6-3-7-13-19)28-22-15-9-8-14-21(22)27(25(20)28)17-18-10-4-2-5-11-18/h2-16H,17H2,1H3. The predicted molar refractivity (Wildman–Crippen MR) is 120 cm³/mol. The van der Waals surface area contributed by atoms with Gasteiger partial charge in [0.2, 0.25) is 5.78 Å². The minimum absolute atomic E-state index is 0.145. The number of benzene rings is 3. The third kappa shape index (κ3) is 3.11. The van der Waals surface area contributed by atoms with E-state index in [0.717, 1.165) is 16.6 Å². The fraction of sp³-hybridized carbons (Fsp3) is 0.0769. The van der Waals surface area contributed by atoms with Crippen LogP contribution >= 0.6 is 0 Å². The molecular formula is C26H20N2O3. The number of ketones is 1. The molecule has 5 aromatic rings. The zero-order chi connectivity index (χ0) is 21.4. The van der Waals surface area contributed by atoms with Crippen molar-refractivity contribution in [2.45, 2.75) is 6.54 Å². The lowest BCUT2D eigenvalue weighted by Gasteiger charge is -2.07. The molecule has 0 saturated carbocycles. The van der Waals surface area contributed by atoms with Gasteiger partial charge in [-0.1, -0.05) is 72.8 Å². The number of hydrogen-bond donors (Lipinski definition) is 0. The van der Waals surface area contributed by atoms with Crippen LogP contribution in [0.1, 0.15) is 32.0 Å². The number of aromatic nitrogens is 2. The van der Waals surface area contributed by atoms with Crippen LogP contribution in [0.5, 0.6) is 0 Å². The van der Waals surface area contributed by atoms with Crippen molar-refractivity contribution in [2.24, 2.45) is 0 Å². The highest BCUT2D eigenvalue weighted by atomic mass is 16.5. The van der Waals surface area contributed by atoms with Crippen molar-refractivity contribution in [2.75, 3.05) is 7.11 Å². The van der Waals surface area contributed by atoms with E-state index in [-0.39, 0.29) is 5.78 Å². The molecule has 0 unspecified atom stereocenters. The van der Waals surface area contributed by atoms with Crippen molar-refractivity contribution in [1.29, 1.82) is 0 Å². The number of imidazole rings is 1. The van der Waals surface area contributed by atoms with E-state index < -0.39 is 5.97 Å². The van der Waals surface area contributed by atoms with Gasteiger partial charge >= 0.3 is 5.97 Å². The van der Waals surface area contributed by atoms with Crippen molar-refractivity contribution in [3.05, 3.63) is 113 Å². The number of esters is 1. The van der Waals surface area contributed by atoms with Crippen molar-refractivity contribution in [1.82, 2.24) is 8.97 Å². The normalized spacial score (nSPS) is 11.1. The maximum absolute atomic E-state index is 13.4. The summed E-state index contributed by atoms with van der Waals surface area (Å²) < 4.78 is 9.01. The fourth-order valence-corrected chi connectivity index (χ4v) is 4.10. The molecule has 5 rings (SSSR count). The highest BCUT2D eigenvalue weighted by molar-refractivity contribution is 6.12. The van der Waals surface area contributed by atoms with Crippen molar-refractivity contribution in [3.63, 3.8) is 0 Å². The maximum atomic E-state index is 13.4. The molecule has 0 amide bonds. The van der Waals surface area contributed by atoms with Crippen LogP contribution in [0.15, 0.2) is 91.0 Å². The summed E-state index contributed by atoms with van der Waals surface area (Å²) in [5.41, 5.74) is 4.92. The number of carbonyl (C=O) groups excluding carboxylic acids is 2. The van der Waals surface area contributed by atoms with Gasteiger partial charge in [0.1, 0.15) is 11.2 Å². The zero-order valence-corrected chi connectivity index (χ0v) is 17.0. The smallest absolute Gasteiger partial charge is 0.341 e. The summed E-state index contributed by atoms with van der Waals surface area (Å²) in [5.74, 6) is -0.616. The lowest BCUT2D eigenvalue weighted by molar-refractivity contribution is 0.0602. The van der Waals surface area contributed by atoms with Crippen LogP contribution < -0.4 is 0 Å². The molecule has 0 N–H and O–H groups in total. The Hall–Kier alpha value is -4.12. The second-order valence-electron chi connectivity index (χ2n) is 7.35. The van der Waals surface area contributed by atoms with Crippen LogP contribution in [0.3, 0.4) is 0 Å². The number of para-hydroxylation sites is 2. The third-order valence-corrected chi connectivity index (χ3v) is 5.50. The molecule has 0 aliphatic heterocycles. The first-order valence-corrected chi connectivity index (χ1v) is 10.0. The highest BCUT2D eigenvalue weighted by Crippen LogP contribution is 2.30. The molecule has 2 heterocycles. The topological polar surface area (TPSA) is 52.7 Å². The molecule has 2 aromatic heterocycles. The van der Waals surface area contributed by atoms with Gasteiger partial charge < -0.3 is 9.30 Å².